The number of amides is 2. The molecule has 0 unspecified atom stereocenters. The Morgan fingerprint density at radius 3 is 2.79 bits per heavy atom. The maximum Gasteiger partial charge on any atom is 0.321 e. The smallest absolute Gasteiger partial charge is 0.321 e. The quantitative estimate of drug-likeness (QED) is 0.615. The van der Waals surface area contributed by atoms with Crippen molar-refractivity contribution in [3.63, 3.8) is 0 Å². The van der Waals surface area contributed by atoms with Crippen LogP contribution in [0.3, 0.4) is 0 Å². The first-order valence-corrected chi connectivity index (χ1v) is 9.93. The second kappa shape index (κ2) is 8.44. The van der Waals surface area contributed by atoms with Crippen molar-refractivity contribution in [1.82, 2.24) is 29.8 Å². The van der Waals surface area contributed by atoms with Gasteiger partial charge in [-0.05, 0) is 63.7 Å². The maximum atomic E-state index is 11.9. The number of fused-ring (bicyclic) bond motifs is 1. The van der Waals surface area contributed by atoms with Crippen LogP contribution < -0.4 is 16.0 Å². The van der Waals surface area contributed by atoms with Crippen molar-refractivity contribution in [3.05, 3.63) is 36.7 Å². The van der Waals surface area contributed by atoms with Crippen molar-refractivity contribution >= 4 is 23.4 Å². The van der Waals surface area contributed by atoms with Crippen LogP contribution in [-0.2, 0) is 0 Å². The average Bonchev–Trinajstić information content (AvgIpc) is 3.13. The molecule has 3 aromatic heterocycles. The number of likely N-dealkylation sites (tertiary alicyclic amines) is 1. The number of anilines is 2. The minimum atomic E-state index is -0.319. The number of carbonyl (C=O) groups excluding carboxylic acids is 1. The summed E-state index contributed by atoms with van der Waals surface area (Å²) in [6, 6.07) is 7.99. The van der Waals surface area contributed by atoms with Crippen molar-refractivity contribution in [3.8, 4) is 11.1 Å². The number of pyridine rings is 2. The zero-order valence-electron chi connectivity index (χ0n) is 16.7. The second-order valence-electron chi connectivity index (χ2n) is 7.28. The minimum Gasteiger partial charge on any atom is -0.367 e. The first-order chi connectivity index (χ1) is 14.1. The number of nitrogens with zero attached hydrogens (tertiary/aromatic N) is 5. The molecule has 1 aliphatic heterocycles. The number of rotatable bonds is 5. The van der Waals surface area contributed by atoms with Gasteiger partial charge in [0.1, 0.15) is 5.82 Å². The van der Waals surface area contributed by atoms with E-state index in [1.807, 2.05) is 31.3 Å². The molecule has 1 aliphatic rings. The monoisotopic (exact) mass is 394 g/mol. The molecule has 0 atom stereocenters. The molecular formula is C20H26N8O. The summed E-state index contributed by atoms with van der Waals surface area (Å²) in [5.74, 6) is 1.12. The Morgan fingerprint density at radius 1 is 1.24 bits per heavy atom. The number of hydrogen-bond donors (Lipinski definition) is 3. The standard InChI is InChI=1S/C20H26N8O/c1-3-22-20(29)25-19-24-18-12-15(14-5-4-8-21-13-14)11-17(28(18)26-19)23-16-6-9-27(2)10-7-16/h4-5,8,11-13,16,23H,3,6-7,9-10H2,1-2H3,(H2,22,25,26,29). The van der Waals surface area contributed by atoms with Crippen molar-refractivity contribution in [2.75, 3.05) is 37.3 Å². The van der Waals surface area contributed by atoms with Crippen LogP contribution >= 0.6 is 0 Å². The van der Waals surface area contributed by atoms with Crippen LogP contribution in [0.25, 0.3) is 16.8 Å². The Labute approximate surface area is 169 Å². The largest absolute Gasteiger partial charge is 0.367 e. The van der Waals surface area contributed by atoms with Crippen molar-refractivity contribution in [2.45, 2.75) is 25.8 Å². The number of urea groups is 1. The molecular weight excluding hydrogens is 368 g/mol. The zero-order chi connectivity index (χ0) is 20.2. The molecule has 0 saturated carbocycles. The Balaban J connectivity index is 1.69. The van der Waals surface area contributed by atoms with Gasteiger partial charge in [-0.1, -0.05) is 6.07 Å². The van der Waals surface area contributed by atoms with Gasteiger partial charge in [0, 0.05) is 30.5 Å². The van der Waals surface area contributed by atoms with Gasteiger partial charge in [0.05, 0.1) is 0 Å². The van der Waals surface area contributed by atoms with Crippen LogP contribution in [-0.4, -0.2) is 63.2 Å². The molecule has 0 bridgehead atoms. The summed E-state index contributed by atoms with van der Waals surface area (Å²) in [6.07, 6.45) is 5.71. The van der Waals surface area contributed by atoms with Crippen LogP contribution in [0.4, 0.5) is 16.6 Å². The molecule has 152 valence electrons. The van der Waals surface area contributed by atoms with E-state index < -0.39 is 0 Å². The topological polar surface area (TPSA) is 99.5 Å². The van der Waals surface area contributed by atoms with E-state index in [0.717, 1.165) is 42.9 Å². The predicted molar refractivity (Wildman–Crippen MR) is 113 cm³/mol. The van der Waals surface area contributed by atoms with Crippen LogP contribution in [0.5, 0.6) is 0 Å². The lowest BCUT2D eigenvalue weighted by Gasteiger charge is -2.30. The average molecular weight is 394 g/mol. The third-order valence-electron chi connectivity index (χ3n) is 5.07. The summed E-state index contributed by atoms with van der Waals surface area (Å²) < 4.78 is 1.75. The molecule has 0 aromatic carbocycles. The highest BCUT2D eigenvalue weighted by atomic mass is 16.2. The van der Waals surface area contributed by atoms with Crippen LogP contribution in [0.1, 0.15) is 19.8 Å². The molecule has 1 saturated heterocycles. The molecule has 3 aromatic rings. The van der Waals surface area contributed by atoms with E-state index in [2.05, 4.69) is 49.0 Å². The van der Waals surface area contributed by atoms with E-state index in [9.17, 15) is 4.79 Å². The molecule has 2 amide bonds. The summed E-state index contributed by atoms with van der Waals surface area (Å²) in [4.78, 5) is 22.9. The molecule has 29 heavy (non-hydrogen) atoms. The van der Waals surface area contributed by atoms with Gasteiger partial charge in [-0.15, -0.1) is 5.10 Å². The Bertz CT molecular complexity index is 979. The molecule has 1 fully saturated rings. The van der Waals surface area contributed by atoms with Gasteiger partial charge in [-0.25, -0.2) is 4.79 Å². The lowest BCUT2D eigenvalue weighted by Crippen LogP contribution is -2.37. The van der Waals surface area contributed by atoms with Gasteiger partial charge in [0.25, 0.3) is 5.95 Å². The fraction of sp³-hybridized carbons (Fsp3) is 0.400. The normalized spacial score (nSPS) is 15.4. The fourth-order valence-electron chi connectivity index (χ4n) is 3.51. The van der Waals surface area contributed by atoms with E-state index in [1.165, 1.54) is 0 Å². The van der Waals surface area contributed by atoms with Crippen LogP contribution in [0.2, 0.25) is 0 Å². The number of piperidine rings is 1. The van der Waals surface area contributed by atoms with E-state index in [0.29, 0.717) is 18.2 Å². The van der Waals surface area contributed by atoms with Crippen molar-refractivity contribution in [1.29, 1.82) is 0 Å². The predicted octanol–water partition coefficient (Wildman–Crippen LogP) is 2.44. The number of aromatic nitrogens is 4. The number of hydrogen-bond acceptors (Lipinski definition) is 6. The molecule has 0 radical (unpaired) electrons. The molecule has 9 nitrogen and oxygen atoms in total. The van der Waals surface area contributed by atoms with E-state index >= 15 is 0 Å². The van der Waals surface area contributed by atoms with E-state index in [1.54, 1.807) is 10.7 Å². The third-order valence-corrected chi connectivity index (χ3v) is 5.07. The summed E-state index contributed by atoms with van der Waals surface area (Å²) in [7, 11) is 2.15. The molecule has 4 rings (SSSR count). The van der Waals surface area contributed by atoms with Gasteiger partial charge in [0.15, 0.2) is 5.65 Å². The summed E-state index contributed by atoms with van der Waals surface area (Å²) >= 11 is 0. The highest BCUT2D eigenvalue weighted by Gasteiger charge is 2.19. The highest BCUT2D eigenvalue weighted by molar-refractivity contribution is 5.87. The van der Waals surface area contributed by atoms with E-state index in [-0.39, 0.29) is 12.0 Å². The van der Waals surface area contributed by atoms with Crippen molar-refractivity contribution < 1.29 is 4.79 Å². The van der Waals surface area contributed by atoms with Gasteiger partial charge < -0.3 is 15.5 Å². The Morgan fingerprint density at radius 2 is 2.07 bits per heavy atom. The number of carbonyl (C=O) groups is 1. The summed E-state index contributed by atoms with van der Waals surface area (Å²) in [6.45, 7) is 4.52. The fourth-order valence-corrected chi connectivity index (χ4v) is 3.51. The van der Waals surface area contributed by atoms with Crippen molar-refractivity contribution in [2.24, 2.45) is 0 Å². The van der Waals surface area contributed by atoms with Crippen LogP contribution in [0.15, 0.2) is 36.7 Å². The minimum absolute atomic E-state index is 0.269. The summed E-state index contributed by atoms with van der Waals surface area (Å²) in [5.41, 5.74) is 2.66. The molecule has 3 N–H and O–H groups in total. The highest BCUT2D eigenvalue weighted by Crippen LogP contribution is 2.26. The van der Waals surface area contributed by atoms with E-state index in [4.69, 9.17) is 0 Å². The summed E-state index contributed by atoms with van der Waals surface area (Å²) in [5, 5.41) is 13.5. The first kappa shape index (κ1) is 19.1. The Kier molecular flexibility index (Phi) is 5.57. The molecule has 4 heterocycles. The number of nitrogens with one attached hydrogen (secondary N) is 3. The SMILES string of the molecule is CCNC(=O)Nc1nc2cc(-c3cccnc3)cc(NC3CCN(C)CC3)n2n1. The van der Waals surface area contributed by atoms with Gasteiger partial charge in [-0.3, -0.25) is 10.3 Å². The Hall–Kier alpha value is -3.20. The van der Waals surface area contributed by atoms with Gasteiger partial charge in [-0.2, -0.15) is 9.50 Å². The van der Waals surface area contributed by atoms with Gasteiger partial charge in [0.2, 0.25) is 0 Å². The lowest BCUT2D eigenvalue weighted by molar-refractivity contribution is 0.252. The van der Waals surface area contributed by atoms with Crippen LogP contribution in [0, 0.1) is 0 Å². The molecule has 0 aliphatic carbocycles. The maximum absolute atomic E-state index is 11.9. The molecule has 0 spiro atoms. The van der Waals surface area contributed by atoms with Gasteiger partial charge >= 0.3 is 6.03 Å². The lowest BCUT2D eigenvalue weighted by atomic mass is 10.1. The molecule has 9 heteroatoms. The zero-order valence-corrected chi connectivity index (χ0v) is 16.7. The first-order valence-electron chi connectivity index (χ1n) is 9.93. The second-order valence-corrected chi connectivity index (χ2v) is 7.28. The third kappa shape index (κ3) is 4.45.